The molecule has 5 aromatic rings. The number of ether oxygens (including phenoxy) is 2. The Kier molecular flexibility index (Phi) is 17.3. The molecule has 2 saturated heterocycles. The summed E-state index contributed by atoms with van der Waals surface area (Å²) in [7, 11) is -7.43. The molecule has 0 saturated carbocycles. The van der Waals surface area contributed by atoms with Gasteiger partial charge < -0.3 is 34.5 Å². The number of benzene rings is 3. The van der Waals surface area contributed by atoms with E-state index in [1.807, 2.05) is 42.5 Å². The molecule has 2 aliphatic heterocycles. The number of sulfonamides is 1. The number of hydrogen-bond acceptors (Lipinski definition) is 14. The summed E-state index contributed by atoms with van der Waals surface area (Å²) in [6, 6.07) is 18.5. The molecule has 0 unspecified atom stereocenters. The van der Waals surface area contributed by atoms with Crippen LogP contribution < -0.4 is 19.7 Å². The lowest BCUT2D eigenvalue weighted by molar-refractivity contribution is -0.0436. The molecule has 3 aromatic carbocycles. The van der Waals surface area contributed by atoms with Gasteiger partial charge in [0.15, 0.2) is 0 Å². The van der Waals surface area contributed by atoms with Crippen molar-refractivity contribution in [3.8, 4) is 11.5 Å². The van der Waals surface area contributed by atoms with E-state index in [9.17, 15) is 39.6 Å². The zero-order valence-corrected chi connectivity index (χ0v) is 46.6. The van der Waals surface area contributed by atoms with Gasteiger partial charge in [0.2, 0.25) is 0 Å². The first-order valence-electron chi connectivity index (χ1n) is 25.6. The van der Waals surface area contributed by atoms with E-state index in [1.54, 1.807) is 49.5 Å². The molecule has 8 rings (SSSR count). The van der Waals surface area contributed by atoms with E-state index < -0.39 is 52.4 Å². The first-order chi connectivity index (χ1) is 36.3. The van der Waals surface area contributed by atoms with Crippen LogP contribution in [0.3, 0.4) is 0 Å². The van der Waals surface area contributed by atoms with Crippen LogP contribution in [0.25, 0.3) is 16.6 Å². The second kappa shape index (κ2) is 23.2. The number of sulfone groups is 1. The van der Waals surface area contributed by atoms with Gasteiger partial charge >= 0.3 is 11.6 Å². The number of aromatic nitrogens is 2. The Morgan fingerprint density at radius 2 is 1.58 bits per heavy atom. The van der Waals surface area contributed by atoms with Gasteiger partial charge in [0.05, 0.1) is 22.3 Å². The summed E-state index contributed by atoms with van der Waals surface area (Å²) in [6.07, 6.45) is 6.11. The molecule has 0 bridgehead atoms. The molecule has 416 valence electrons. The lowest BCUT2D eigenvalue weighted by Gasteiger charge is -2.44. The highest BCUT2D eigenvalue weighted by Gasteiger charge is 2.48. The maximum Gasteiger partial charge on any atom is 0.501 e. The van der Waals surface area contributed by atoms with Crippen LogP contribution in [0, 0.1) is 5.41 Å². The van der Waals surface area contributed by atoms with Crippen LogP contribution in [0.15, 0.2) is 101 Å². The minimum atomic E-state index is -6.04. The van der Waals surface area contributed by atoms with Crippen molar-refractivity contribution in [2.75, 3.05) is 103 Å². The Hall–Kier alpha value is -5.91. The number of carbonyl (C=O) groups excluding carboxylic acids is 2. The van der Waals surface area contributed by atoms with Gasteiger partial charge in [-0.3, -0.25) is 14.6 Å². The number of carbonyl (C=O) groups is 2. The standard InChI is InChI=1S/C54H67ClF3N9O8S2/c1-52(2,3)75-51(69)67-28-24-65(25-29-67)36-53(4)18-16-44(37-8-10-40(55)11-9-37)39(33-53)35-64-22-26-66(27-23-64)41-12-14-45(47(31-41)74-42-30-38-17-20-60-49(38)61-34-42)50(68)62-77(72,73)43-13-15-46(59-19-7-21-63(5)6)48(32-43)76(70,71)54(56,57)58/h8-15,17,20,30-32,34,59H,7,16,18-19,21-29,33,35-36H2,1-6H3,(H,60,61)(H,62,68)/t53-/m1/s1. The molecule has 2 aromatic heterocycles. The highest BCUT2D eigenvalue weighted by molar-refractivity contribution is 7.92. The molecule has 0 spiro atoms. The third-order valence-electron chi connectivity index (χ3n) is 14.0. The van der Waals surface area contributed by atoms with Crippen molar-refractivity contribution in [2.24, 2.45) is 5.41 Å². The van der Waals surface area contributed by atoms with E-state index in [0.717, 1.165) is 63.1 Å². The van der Waals surface area contributed by atoms with E-state index in [0.29, 0.717) is 80.0 Å². The van der Waals surface area contributed by atoms with Gasteiger partial charge in [-0.2, -0.15) is 13.2 Å². The van der Waals surface area contributed by atoms with Crippen LogP contribution in [0.5, 0.6) is 11.5 Å². The predicted octanol–water partition coefficient (Wildman–Crippen LogP) is 9.10. The smallest absolute Gasteiger partial charge is 0.455 e. The number of allylic oxidation sites excluding steroid dienone is 1. The number of anilines is 2. The monoisotopic (exact) mass is 1130 g/mol. The van der Waals surface area contributed by atoms with E-state index in [1.165, 1.54) is 23.4 Å². The lowest BCUT2D eigenvalue weighted by atomic mass is 9.71. The molecule has 77 heavy (non-hydrogen) atoms. The third kappa shape index (κ3) is 14.2. The Labute approximate surface area is 453 Å². The summed E-state index contributed by atoms with van der Waals surface area (Å²) in [5.41, 5.74) is -1.85. The Balaban J connectivity index is 0.995. The SMILES string of the molecule is CN(C)CCCNc1ccc(S(=O)(=O)NC(=O)c2ccc(N3CCN(CC4=C(c5ccc(Cl)cc5)CC[C@@](C)(CN5CCN(C(=O)OC(C)(C)C)CC5)C4)CC3)cc2Oc2cnc3[nH]ccc3c2)cc1S(=O)(=O)C(F)(F)F. The molecule has 17 nitrogen and oxygen atoms in total. The molecule has 4 heterocycles. The molecule has 23 heteroatoms. The fraction of sp³-hybridized carbons (Fsp3) is 0.463. The van der Waals surface area contributed by atoms with Crippen molar-refractivity contribution in [2.45, 2.75) is 74.3 Å². The summed E-state index contributed by atoms with van der Waals surface area (Å²) in [4.78, 5) is 42.8. The second-order valence-corrected chi connectivity index (χ2v) is 25.6. The molecule has 3 aliphatic rings. The molecule has 0 radical (unpaired) electrons. The molecule has 2 amide bonds. The number of halogens is 4. The first-order valence-corrected chi connectivity index (χ1v) is 28.9. The normalized spacial score (nSPS) is 18.5. The number of aromatic amines is 1. The number of alkyl halides is 3. The van der Waals surface area contributed by atoms with E-state index >= 15 is 0 Å². The van der Waals surface area contributed by atoms with Gasteiger partial charge in [0, 0.05) is 100 Å². The number of fused-ring (bicyclic) bond motifs is 1. The van der Waals surface area contributed by atoms with E-state index in [4.69, 9.17) is 21.1 Å². The molecular formula is C54H67ClF3N9O8S2. The minimum Gasteiger partial charge on any atom is -0.455 e. The van der Waals surface area contributed by atoms with E-state index in [2.05, 4.69) is 49.0 Å². The number of hydrogen-bond donors (Lipinski definition) is 3. The molecule has 3 N–H and O–H groups in total. The highest BCUT2D eigenvalue weighted by atomic mass is 35.5. The molecule has 2 fully saturated rings. The Morgan fingerprint density at radius 1 is 0.883 bits per heavy atom. The highest BCUT2D eigenvalue weighted by Crippen LogP contribution is 2.44. The lowest BCUT2D eigenvalue weighted by Crippen LogP contribution is -2.52. The fourth-order valence-electron chi connectivity index (χ4n) is 10.1. The van der Waals surface area contributed by atoms with Crippen molar-refractivity contribution < 1.29 is 49.1 Å². The van der Waals surface area contributed by atoms with Crippen LogP contribution in [-0.2, 0) is 24.6 Å². The van der Waals surface area contributed by atoms with Crippen molar-refractivity contribution in [3.05, 3.63) is 107 Å². The number of pyridine rings is 1. The summed E-state index contributed by atoms with van der Waals surface area (Å²) >= 11 is 6.34. The zero-order valence-electron chi connectivity index (χ0n) is 44.2. The van der Waals surface area contributed by atoms with Crippen molar-refractivity contribution in [3.63, 3.8) is 0 Å². The number of nitrogens with zero attached hydrogens (tertiary/aromatic N) is 6. The third-order valence-corrected chi connectivity index (χ3v) is 17.1. The van der Waals surface area contributed by atoms with Crippen molar-refractivity contribution in [1.82, 2.24) is 34.3 Å². The van der Waals surface area contributed by atoms with Crippen molar-refractivity contribution in [1.29, 1.82) is 0 Å². The Morgan fingerprint density at radius 3 is 2.26 bits per heavy atom. The maximum absolute atomic E-state index is 14.1. The largest absolute Gasteiger partial charge is 0.501 e. The fourth-order valence-corrected chi connectivity index (χ4v) is 12.2. The van der Waals surface area contributed by atoms with Crippen molar-refractivity contribution >= 4 is 71.4 Å². The van der Waals surface area contributed by atoms with Gasteiger partial charge in [-0.1, -0.05) is 36.2 Å². The first kappa shape index (κ1) is 57.3. The van der Waals surface area contributed by atoms with Gasteiger partial charge in [0.1, 0.15) is 27.6 Å². The van der Waals surface area contributed by atoms with Crippen LogP contribution in [0.2, 0.25) is 5.02 Å². The predicted molar refractivity (Wildman–Crippen MR) is 292 cm³/mol. The number of piperazine rings is 2. The summed E-state index contributed by atoms with van der Waals surface area (Å²) in [5.74, 6) is -0.971. The minimum absolute atomic E-state index is 0.00360. The molecule has 1 atom stereocenters. The number of amides is 2. The summed E-state index contributed by atoms with van der Waals surface area (Å²) in [5, 5.41) is 4.06. The second-order valence-electron chi connectivity index (χ2n) is 21.6. The average molecular weight is 1130 g/mol. The maximum atomic E-state index is 14.1. The van der Waals surface area contributed by atoms with Crippen LogP contribution >= 0.6 is 11.6 Å². The Bertz CT molecular complexity index is 3210. The molecule has 1 aliphatic carbocycles. The topological polar surface area (TPSA) is 190 Å². The van der Waals surface area contributed by atoms with E-state index in [-0.39, 0.29) is 35.1 Å². The van der Waals surface area contributed by atoms with Gasteiger partial charge in [-0.25, -0.2) is 31.3 Å². The van der Waals surface area contributed by atoms with Crippen LogP contribution in [-0.4, -0.2) is 162 Å². The summed E-state index contributed by atoms with van der Waals surface area (Å²) in [6.45, 7) is 15.6. The molecular weight excluding hydrogens is 1060 g/mol. The number of nitrogens with one attached hydrogen (secondary N) is 3. The average Bonchev–Trinajstić information content (AvgIpc) is 3.85. The van der Waals surface area contributed by atoms with Crippen LogP contribution in [0.1, 0.15) is 69.3 Å². The number of rotatable bonds is 17. The zero-order chi connectivity index (χ0) is 55.5. The number of H-pyrrole nitrogens is 1. The van der Waals surface area contributed by atoms with Gasteiger partial charge in [0.25, 0.3) is 25.8 Å². The van der Waals surface area contributed by atoms with Crippen LogP contribution in [0.4, 0.5) is 29.3 Å². The quantitative estimate of drug-likeness (QED) is 0.0748. The van der Waals surface area contributed by atoms with Gasteiger partial charge in [-0.15, -0.1) is 0 Å². The van der Waals surface area contributed by atoms with Gasteiger partial charge in [-0.05, 0) is 138 Å². The summed E-state index contributed by atoms with van der Waals surface area (Å²) < 4.78 is 109.